The predicted octanol–water partition coefficient (Wildman–Crippen LogP) is 4.67. The van der Waals surface area contributed by atoms with E-state index in [4.69, 9.17) is 16.6 Å². The van der Waals surface area contributed by atoms with Crippen LogP contribution < -0.4 is 4.90 Å². The van der Waals surface area contributed by atoms with E-state index in [0.29, 0.717) is 17.8 Å². The monoisotopic (exact) mass is 317 g/mol. The summed E-state index contributed by atoms with van der Waals surface area (Å²) in [5, 5.41) is 9.06. The van der Waals surface area contributed by atoms with Crippen LogP contribution in [0.4, 0.5) is 5.69 Å². The lowest BCUT2D eigenvalue weighted by Gasteiger charge is -2.15. The first-order valence-electron chi connectivity index (χ1n) is 7.64. The normalized spacial score (nSPS) is 15.7. The molecule has 0 saturated heterocycles. The number of allylic oxidation sites excluding steroid dienone is 6. The number of ether oxygens (including phenoxy) is 1. The summed E-state index contributed by atoms with van der Waals surface area (Å²) in [5.74, 6) is 1.36. The zero-order chi connectivity index (χ0) is 17.5. The van der Waals surface area contributed by atoms with Gasteiger partial charge in [-0.2, -0.15) is 0 Å². The second kappa shape index (κ2) is 7.85. The molecule has 0 spiro atoms. The molecule has 0 N–H and O–H groups in total. The van der Waals surface area contributed by atoms with E-state index in [1.54, 1.807) is 12.2 Å². The molecule has 0 amide bonds. The topological polar surface area (TPSA) is 40.6 Å². The van der Waals surface area contributed by atoms with E-state index >= 15 is 0 Å². The summed E-state index contributed by atoms with van der Waals surface area (Å²) < 4.78 is 5.77. The lowest BCUT2D eigenvalue weighted by Crippen LogP contribution is -2.07. The first-order chi connectivity index (χ1) is 11.6. The molecule has 1 aromatic carbocycles. The smallest absolute Gasteiger partial charge is 0.269 e. The van der Waals surface area contributed by atoms with Gasteiger partial charge in [-0.1, -0.05) is 25.1 Å². The summed E-state index contributed by atoms with van der Waals surface area (Å²) in [6.07, 6.45) is 7.97. The molecule has 0 bridgehead atoms. The average Bonchev–Trinajstić information content (AvgIpc) is 2.61. The van der Waals surface area contributed by atoms with Crippen LogP contribution in [-0.2, 0) is 4.74 Å². The maximum Gasteiger partial charge on any atom is 0.269 e. The fraction of sp³-hybridized carbons (Fsp3) is 0.200. The summed E-state index contributed by atoms with van der Waals surface area (Å²) in [5.41, 5.74) is 2.86. The second-order valence-corrected chi connectivity index (χ2v) is 5.46. The summed E-state index contributed by atoms with van der Waals surface area (Å²) >= 11 is 0. The van der Waals surface area contributed by atoms with Gasteiger partial charge in [0.2, 0.25) is 0 Å². The maximum atomic E-state index is 9.06. The third-order valence-electron chi connectivity index (χ3n) is 3.55. The Morgan fingerprint density at radius 3 is 2.50 bits per heavy atom. The first kappa shape index (κ1) is 17.1. The van der Waals surface area contributed by atoms with E-state index in [-0.39, 0.29) is 5.70 Å². The molecule has 120 valence electrons. The lowest BCUT2D eigenvalue weighted by molar-refractivity contribution is 0.304. The SMILES string of the molecule is [C-]#[N+]C(C#N)=C1C=C(C=Cc2ccc(N(C)C)cc2)OC(CC)=C1. The van der Waals surface area contributed by atoms with Crippen LogP contribution in [-0.4, -0.2) is 14.1 Å². The summed E-state index contributed by atoms with van der Waals surface area (Å²) in [6.45, 7) is 9.07. The quantitative estimate of drug-likeness (QED) is 0.598. The number of rotatable bonds is 4. The molecule has 1 aliphatic heterocycles. The zero-order valence-corrected chi connectivity index (χ0v) is 14.1. The van der Waals surface area contributed by atoms with Crippen molar-refractivity contribution in [2.24, 2.45) is 0 Å². The van der Waals surface area contributed by atoms with Crippen LogP contribution in [0.5, 0.6) is 0 Å². The highest BCUT2D eigenvalue weighted by Gasteiger charge is 2.12. The number of benzene rings is 1. The fourth-order valence-electron chi connectivity index (χ4n) is 2.19. The van der Waals surface area contributed by atoms with Gasteiger partial charge in [0.15, 0.2) is 0 Å². The molecule has 0 aliphatic carbocycles. The Morgan fingerprint density at radius 2 is 1.96 bits per heavy atom. The Kier molecular flexibility index (Phi) is 5.60. The molecule has 1 heterocycles. The molecule has 0 saturated carbocycles. The molecule has 1 aromatic rings. The third kappa shape index (κ3) is 4.15. The van der Waals surface area contributed by atoms with Crippen LogP contribution in [0.3, 0.4) is 0 Å². The molecule has 0 unspecified atom stereocenters. The van der Waals surface area contributed by atoms with Gasteiger partial charge >= 0.3 is 0 Å². The van der Waals surface area contributed by atoms with E-state index in [0.717, 1.165) is 17.0 Å². The van der Waals surface area contributed by atoms with E-state index < -0.39 is 0 Å². The van der Waals surface area contributed by atoms with Gasteiger partial charge in [0, 0.05) is 26.2 Å². The van der Waals surface area contributed by atoms with Gasteiger partial charge in [0.25, 0.3) is 5.70 Å². The number of hydrogen-bond acceptors (Lipinski definition) is 3. The molecule has 0 radical (unpaired) electrons. The Labute approximate surface area is 143 Å². The Bertz CT molecular complexity index is 794. The predicted molar refractivity (Wildman–Crippen MR) is 96.6 cm³/mol. The van der Waals surface area contributed by atoms with E-state index in [1.165, 1.54) is 0 Å². The van der Waals surface area contributed by atoms with Crippen molar-refractivity contribution < 1.29 is 4.74 Å². The number of nitriles is 1. The van der Waals surface area contributed by atoms with Crippen LogP contribution in [0.25, 0.3) is 10.9 Å². The van der Waals surface area contributed by atoms with E-state index in [2.05, 4.69) is 4.85 Å². The van der Waals surface area contributed by atoms with Crippen LogP contribution in [0.1, 0.15) is 18.9 Å². The highest BCUT2D eigenvalue weighted by atomic mass is 16.5. The molecule has 4 heteroatoms. The van der Waals surface area contributed by atoms with Gasteiger partial charge < -0.3 is 9.64 Å². The van der Waals surface area contributed by atoms with E-state index in [1.807, 2.05) is 68.4 Å². The Hall–Kier alpha value is -3.24. The molecular formula is C20H19N3O. The molecule has 0 atom stereocenters. The largest absolute Gasteiger partial charge is 0.462 e. The van der Waals surface area contributed by atoms with Crippen LogP contribution in [0.15, 0.2) is 65.3 Å². The van der Waals surface area contributed by atoms with Crippen molar-refractivity contribution in [2.75, 3.05) is 19.0 Å². The zero-order valence-electron chi connectivity index (χ0n) is 14.1. The van der Waals surface area contributed by atoms with Crippen molar-refractivity contribution in [3.05, 3.63) is 82.3 Å². The van der Waals surface area contributed by atoms with Crippen LogP contribution >= 0.6 is 0 Å². The average molecular weight is 317 g/mol. The van der Waals surface area contributed by atoms with Gasteiger partial charge in [-0.25, -0.2) is 10.1 Å². The Morgan fingerprint density at radius 1 is 1.25 bits per heavy atom. The molecule has 2 rings (SSSR count). The van der Waals surface area contributed by atoms with Crippen molar-refractivity contribution >= 4 is 11.8 Å². The molecule has 0 aromatic heterocycles. The summed E-state index contributed by atoms with van der Waals surface area (Å²) in [7, 11) is 4.00. The standard InChI is InChI=1S/C20H19N3O/c1-5-18-12-16(20(14-21)22-2)13-19(24-18)11-8-15-6-9-17(10-7-15)23(3)4/h6-13H,5H2,1,3-4H3. The van der Waals surface area contributed by atoms with Crippen molar-refractivity contribution in [3.8, 4) is 6.07 Å². The molecule has 0 fully saturated rings. The highest BCUT2D eigenvalue weighted by Crippen LogP contribution is 2.25. The van der Waals surface area contributed by atoms with Crippen molar-refractivity contribution in [3.63, 3.8) is 0 Å². The van der Waals surface area contributed by atoms with Crippen molar-refractivity contribution in [1.29, 1.82) is 5.26 Å². The van der Waals surface area contributed by atoms with Crippen molar-refractivity contribution in [1.82, 2.24) is 0 Å². The van der Waals surface area contributed by atoms with Gasteiger partial charge in [0.1, 0.15) is 11.5 Å². The van der Waals surface area contributed by atoms with Gasteiger partial charge in [-0.05, 0) is 41.5 Å². The molecule has 24 heavy (non-hydrogen) atoms. The number of anilines is 1. The van der Waals surface area contributed by atoms with Crippen LogP contribution in [0.2, 0.25) is 0 Å². The lowest BCUT2D eigenvalue weighted by atomic mass is 10.1. The minimum Gasteiger partial charge on any atom is -0.462 e. The summed E-state index contributed by atoms with van der Waals surface area (Å²) in [4.78, 5) is 5.32. The summed E-state index contributed by atoms with van der Waals surface area (Å²) in [6, 6.07) is 10.1. The second-order valence-electron chi connectivity index (χ2n) is 5.46. The van der Waals surface area contributed by atoms with E-state index in [9.17, 15) is 0 Å². The fourth-order valence-corrected chi connectivity index (χ4v) is 2.19. The minimum atomic E-state index is 0.0745. The molecule has 1 aliphatic rings. The molecule has 4 nitrogen and oxygen atoms in total. The third-order valence-corrected chi connectivity index (χ3v) is 3.55. The Balaban J connectivity index is 2.27. The van der Waals surface area contributed by atoms with Crippen LogP contribution in [0, 0.1) is 17.9 Å². The van der Waals surface area contributed by atoms with Gasteiger partial charge in [-0.15, -0.1) is 0 Å². The minimum absolute atomic E-state index is 0.0745. The van der Waals surface area contributed by atoms with Gasteiger partial charge in [0.05, 0.1) is 12.6 Å². The maximum absolute atomic E-state index is 9.06. The highest BCUT2D eigenvalue weighted by molar-refractivity contribution is 5.58. The number of nitrogens with zero attached hydrogens (tertiary/aromatic N) is 3. The number of hydrogen-bond donors (Lipinski definition) is 0. The van der Waals surface area contributed by atoms with Crippen molar-refractivity contribution in [2.45, 2.75) is 13.3 Å². The van der Waals surface area contributed by atoms with Gasteiger partial charge in [-0.3, -0.25) is 0 Å². The molecular weight excluding hydrogens is 298 g/mol. The first-order valence-corrected chi connectivity index (χ1v) is 7.64.